The van der Waals surface area contributed by atoms with Crippen LogP contribution in [0.4, 0.5) is 0 Å². The van der Waals surface area contributed by atoms with Crippen LogP contribution in [0.1, 0.15) is 0 Å². The van der Waals surface area contributed by atoms with E-state index in [-0.39, 0.29) is 0 Å². The lowest BCUT2D eigenvalue weighted by atomic mass is 9.88. The van der Waals surface area contributed by atoms with E-state index in [9.17, 15) is 4.57 Å². The summed E-state index contributed by atoms with van der Waals surface area (Å²) in [7, 11) is -2.67. The molecule has 0 radical (unpaired) electrons. The zero-order chi connectivity index (χ0) is 33.0. The molecule has 8 aromatic rings. The molecule has 0 saturated carbocycles. The van der Waals surface area contributed by atoms with Crippen molar-refractivity contribution in [2.45, 2.75) is 0 Å². The fraction of sp³-hybridized carbons (Fsp3) is 0.0227. The third-order valence-corrected chi connectivity index (χ3v) is 12.1. The molecule has 0 N–H and O–H groups in total. The third kappa shape index (κ3) is 4.92. The number of hydrogen-bond acceptors (Lipinski definition) is 4. The van der Waals surface area contributed by atoms with Crippen LogP contribution in [0.3, 0.4) is 0 Å². The SMILES string of the molecule is CP1(=O)c2ccccc2-c2c(-c3ccc(-c4ccc(-c5nc(-c6ccccc6)nc(-c6ccccc6)n5)cc4)c4ccccc34)cccc21. The van der Waals surface area contributed by atoms with Crippen LogP contribution in [0.2, 0.25) is 0 Å². The van der Waals surface area contributed by atoms with E-state index >= 15 is 0 Å². The Morgan fingerprint density at radius 2 is 0.816 bits per heavy atom. The van der Waals surface area contributed by atoms with Gasteiger partial charge in [-0.15, -0.1) is 0 Å². The van der Waals surface area contributed by atoms with Crippen LogP contribution in [0.5, 0.6) is 0 Å². The molecule has 0 amide bonds. The Morgan fingerprint density at radius 1 is 0.367 bits per heavy atom. The second-order valence-electron chi connectivity index (χ2n) is 12.5. The molecule has 0 saturated heterocycles. The smallest absolute Gasteiger partial charge is 0.164 e. The highest BCUT2D eigenvalue weighted by Crippen LogP contribution is 2.53. The molecular formula is C44H30N3OP. The van der Waals surface area contributed by atoms with E-state index in [0.717, 1.165) is 71.5 Å². The van der Waals surface area contributed by atoms with Crippen molar-refractivity contribution in [1.82, 2.24) is 15.0 Å². The fourth-order valence-electron chi connectivity index (χ4n) is 7.11. The van der Waals surface area contributed by atoms with E-state index in [2.05, 4.69) is 72.8 Å². The van der Waals surface area contributed by atoms with Gasteiger partial charge in [-0.2, -0.15) is 0 Å². The Labute approximate surface area is 285 Å². The quantitative estimate of drug-likeness (QED) is 0.175. The second-order valence-corrected chi connectivity index (χ2v) is 15.3. The maximum absolute atomic E-state index is 14.0. The Morgan fingerprint density at radius 3 is 1.45 bits per heavy atom. The van der Waals surface area contributed by atoms with Gasteiger partial charge in [0, 0.05) is 32.9 Å². The van der Waals surface area contributed by atoms with E-state index in [1.54, 1.807) is 0 Å². The van der Waals surface area contributed by atoms with Crippen molar-refractivity contribution >= 4 is 28.5 Å². The number of aromatic nitrogens is 3. The molecular weight excluding hydrogens is 617 g/mol. The summed E-state index contributed by atoms with van der Waals surface area (Å²) in [6, 6.07) is 55.9. The van der Waals surface area contributed by atoms with Crippen LogP contribution >= 0.6 is 7.14 Å². The van der Waals surface area contributed by atoms with Gasteiger partial charge in [0.15, 0.2) is 17.5 Å². The number of nitrogens with zero attached hydrogens (tertiary/aromatic N) is 3. The first-order valence-electron chi connectivity index (χ1n) is 16.4. The molecule has 0 spiro atoms. The summed E-state index contributed by atoms with van der Waals surface area (Å²) in [6.07, 6.45) is 0. The lowest BCUT2D eigenvalue weighted by molar-refractivity contribution is 0.591. The van der Waals surface area contributed by atoms with Gasteiger partial charge in [-0.1, -0.05) is 164 Å². The third-order valence-electron chi connectivity index (χ3n) is 9.50. The molecule has 1 aliphatic heterocycles. The first-order valence-corrected chi connectivity index (χ1v) is 18.5. The van der Waals surface area contributed by atoms with Crippen LogP contribution in [-0.4, -0.2) is 21.6 Å². The van der Waals surface area contributed by atoms with Crippen LogP contribution in [0.25, 0.3) is 78.3 Å². The maximum atomic E-state index is 14.0. The minimum absolute atomic E-state index is 0.630. The molecule has 0 bridgehead atoms. The molecule has 0 aliphatic carbocycles. The van der Waals surface area contributed by atoms with Gasteiger partial charge in [0.1, 0.15) is 7.14 Å². The largest absolute Gasteiger partial charge is 0.314 e. The Bertz CT molecular complexity index is 2520. The van der Waals surface area contributed by atoms with Crippen LogP contribution in [-0.2, 0) is 4.57 Å². The predicted octanol–water partition coefficient (Wildman–Crippen LogP) is 10.3. The van der Waals surface area contributed by atoms with E-state index in [1.165, 1.54) is 0 Å². The highest BCUT2D eigenvalue weighted by molar-refractivity contribution is 7.79. The summed E-state index contributed by atoms with van der Waals surface area (Å²) in [6.45, 7) is 1.90. The first-order chi connectivity index (χ1) is 24.1. The van der Waals surface area contributed by atoms with Gasteiger partial charge in [-0.3, -0.25) is 0 Å². The standard InChI is InChI=1S/C44H30N3OP/c1-49(48)39-21-11-10-19-38(39)41-37(20-12-22-40(41)49)36-28-27-33(34-17-8-9-18-35(34)36)29-23-25-32(26-24-29)44-46-42(30-13-4-2-5-14-30)45-43(47-44)31-15-6-3-7-16-31/h2-28H,1H3. The van der Waals surface area contributed by atoms with Gasteiger partial charge in [0.05, 0.1) is 0 Å². The molecule has 0 fully saturated rings. The number of hydrogen-bond donors (Lipinski definition) is 0. The van der Waals surface area contributed by atoms with Crippen LogP contribution in [0.15, 0.2) is 164 Å². The average molecular weight is 648 g/mol. The number of fused-ring (bicyclic) bond motifs is 4. The highest BCUT2D eigenvalue weighted by atomic mass is 31.2. The zero-order valence-electron chi connectivity index (χ0n) is 26.8. The van der Waals surface area contributed by atoms with E-state index in [4.69, 9.17) is 15.0 Å². The molecule has 49 heavy (non-hydrogen) atoms. The summed E-state index contributed by atoms with van der Waals surface area (Å²) in [5.41, 5.74) is 9.47. The van der Waals surface area contributed by atoms with Gasteiger partial charge < -0.3 is 4.57 Å². The number of rotatable bonds is 5. The molecule has 4 nitrogen and oxygen atoms in total. The molecule has 7 aromatic carbocycles. The monoisotopic (exact) mass is 647 g/mol. The zero-order valence-corrected chi connectivity index (χ0v) is 27.7. The minimum atomic E-state index is -2.67. The second kappa shape index (κ2) is 11.6. The minimum Gasteiger partial charge on any atom is -0.314 e. The van der Waals surface area contributed by atoms with Crippen LogP contribution < -0.4 is 10.6 Å². The maximum Gasteiger partial charge on any atom is 0.164 e. The molecule has 9 rings (SSSR count). The summed E-state index contributed by atoms with van der Waals surface area (Å²) in [4.78, 5) is 14.7. The van der Waals surface area contributed by atoms with Crippen molar-refractivity contribution in [3.63, 3.8) is 0 Å². The Kier molecular flexibility index (Phi) is 6.93. The van der Waals surface area contributed by atoms with Crippen molar-refractivity contribution < 1.29 is 4.57 Å². The molecule has 1 atom stereocenters. The average Bonchev–Trinajstić information content (AvgIpc) is 3.41. The fourth-order valence-corrected chi connectivity index (χ4v) is 9.43. The topological polar surface area (TPSA) is 55.7 Å². The predicted molar refractivity (Wildman–Crippen MR) is 203 cm³/mol. The molecule has 5 heteroatoms. The van der Waals surface area contributed by atoms with Gasteiger partial charge in [-0.25, -0.2) is 15.0 Å². The van der Waals surface area contributed by atoms with Crippen molar-refractivity contribution in [2.24, 2.45) is 0 Å². The summed E-state index contributed by atoms with van der Waals surface area (Å²) in [5.74, 6) is 1.92. The van der Waals surface area contributed by atoms with Gasteiger partial charge in [0.2, 0.25) is 0 Å². The highest BCUT2D eigenvalue weighted by Gasteiger charge is 2.36. The Hall–Kier alpha value is -5.96. The Balaban J connectivity index is 1.14. The van der Waals surface area contributed by atoms with E-state index in [1.807, 2.05) is 97.7 Å². The van der Waals surface area contributed by atoms with Gasteiger partial charge in [0.25, 0.3) is 0 Å². The lowest BCUT2D eigenvalue weighted by Gasteiger charge is -2.16. The van der Waals surface area contributed by atoms with Crippen molar-refractivity contribution in [3.8, 4) is 67.5 Å². The summed E-state index contributed by atoms with van der Waals surface area (Å²) < 4.78 is 14.0. The molecule has 1 unspecified atom stereocenters. The first kappa shape index (κ1) is 29.2. The van der Waals surface area contributed by atoms with Crippen molar-refractivity contribution in [3.05, 3.63) is 164 Å². The number of benzene rings is 7. The van der Waals surface area contributed by atoms with E-state index in [0.29, 0.717) is 17.5 Å². The van der Waals surface area contributed by atoms with Gasteiger partial charge >= 0.3 is 0 Å². The van der Waals surface area contributed by atoms with E-state index < -0.39 is 7.14 Å². The van der Waals surface area contributed by atoms with Crippen LogP contribution in [0, 0.1) is 0 Å². The van der Waals surface area contributed by atoms with Crippen molar-refractivity contribution in [2.75, 3.05) is 6.66 Å². The summed E-state index contributed by atoms with van der Waals surface area (Å²) in [5, 5.41) is 4.21. The van der Waals surface area contributed by atoms with Crippen molar-refractivity contribution in [1.29, 1.82) is 0 Å². The lowest BCUT2D eigenvalue weighted by Crippen LogP contribution is -2.08. The molecule has 232 valence electrons. The molecule has 1 aromatic heterocycles. The normalized spacial score (nSPS) is 14.8. The van der Waals surface area contributed by atoms with Gasteiger partial charge in [-0.05, 0) is 45.3 Å². The molecule has 1 aliphatic rings. The molecule has 2 heterocycles. The summed E-state index contributed by atoms with van der Waals surface area (Å²) >= 11 is 0.